The van der Waals surface area contributed by atoms with E-state index < -0.39 is 12.1 Å². The highest BCUT2D eigenvalue weighted by Crippen LogP contribution is 2.35. The van der Waals surface area contributed by atoms with Crippen LogP contribution in [0.2, 0.25) is 0 Å². The molecular weight excluding hydrogens is 310 g/mol. The summed E-state index contributed by atoms with van der Waals surface area (Å²) >= 11 is 0. The summed E-state index contributed by atoms with van der Waals surface area (Å²) in [5.41, 5.74) is 2.16. The number of amides is 1. The minimum absolute atomic E-state index is 0.0326. The van der Waals surface area contributed by atoms with Crippen LogP contribution in [0.5, 0.6) is 0 Å². The Bertz CT molecular complexity index is 600. The molecule has 2 fully saturated rings. The van der Waals surface area contributed by atoms with Crippen molar-refractivity contribution in [3.05, 3.63) is 35.4 Å². The number of ether oxygens (including phenoxy) is 2. The number of aryl methyl sites for hydroxylation is 1. The molecule has 2 saturated heterocycles. The van der Waals surface area contributed by atoms with E-state index in [-0.39, 0.29) is 31.1 Å². The van der Waals surface area contributed by atoms with Crippen LogP contribution < -0.4 is 0 Å². The molecule has 6 heteroatoms. The molecular formula is C18H23NO5. The van der Waals surface area contributed by atoms with Crippen molar-refractivity contribution >= 4 is 11.9 Å². The lowest BCUT2D eigenvalue weighted by Crippen LogP contribution is -2.51. The van der Waals surface area contributed by atoms with Gasteiger partial charge in [0.05, 0.1) is 25.2 Å². The highest BCUT2D eigenvalue weighted by molar-refractivity contribution is 5.81. The number of hydrogen-bond donors (Lipinski definition) is 1. The fourth-order valence-electron chi connectivity index (χ4n) is 3.35. The minimum atomic E-state index is -1.03. The van der Waals surface area contributed by atoms with Crippen LogP contribution in [-0.2, 0) is 19.1 Å². The Morgan fingerprint density at radius 1 is 1.17 bits per heavy atom. The zero-order valence-corrected chi connectivity index (χ0v) is 13.8. The molecule has 2 aliphatic heterocycles. The summed E-state index contributed by atoms with van der Waals surface area (Å²) in [5, 5.41) is 9.12. The Hall–Kier alpha value is -1.92. The van der Waals surface area contributed by atoms with Gasteiger partial charge in [-0.3, -0.25) is 4.79 Å². The molecule has 3 rings (SSSR count). The summed E-state index contributed by atoms with van der Waals surface area (Å²) in [6.07, 6.45) is 0.390. The third-order valence-electron chi connectivity index (χ3n) is 4.70. The van der Waals surface area contributed by atoms with Crippen LogP contribution in [-0.4, -0.2) is 54.3 Å². The molecule has 3 unspecified atom stereocenters. The van der Waals surface area contributed by atoms with Gasteiger partial charge in [0.25, 0.3) is 0 Å². The molecule has 1 amide bonds. The Morgan fingerprint density at radius 3 is 2.62 bits per heavy atom. The van der Waals surface area contributed by atoms with E-state index in [2.05, 4.69) is 0 Å². The average molecular weight is 333 g/mol. The number of carboxylic acids is 1. The summed E-state index contributed by atoms with van der Waals surface area (Å²) in [6.45, 7) is 3.45. The molecule has 1 aromatic rings. The van der Waals surface area contributed by atoms with Gasteiger partial charge in [-0.05, 0) is 25.3 Å². The van der Waals surface area contributed by atoms with E-state index in [0.29, 0.717) is 13.2 Å². The molecule has 1 N–H and O–H groups in total. The van der Waals surface area contributed by atoms with Crippen LogP contribution >= 0.6 is 0 Å². The third kappa shape index (κ3) is 3.60. The largest absolute Gasteiger partial charge is 0.479 e. The van der Waals surface area contributed by atoms with Gasteiger partial charge in [-0.15, -0.1) is 0 Å². The zero-order chi connectivity index (χ0) is 17.1. The number of carbonyl (C=O) groups excluding carboxylic acids is 1. The molecule has 2 heterocycles. The van der Waals surface area contributed by atoms with Crippen molar-refractivity contribution < 1.29 is 24.2 Å². The summed E-state index contributed by atoms with van der Waals surface area (Å²) in [7, 11) is 0. The van der Waals surface area contributed by atoms with Gasteiger partial charge in [-0.1, -0.05) is 29.8 Å². The number of hydrogen-bond acceptors (Lipinski definition) is 4. The van der Waals surface area contributed by atoms with Crippen molar-refractivity contribution in [2.75, 3.05) is 26.3 Å². The average Bonchev–Trinajstić information content (AvgIpc) is 2.62. The molecule has 3 atom stereocenters. The Balaban J connectivity index is 1.76. The predicted octanol–water partition coefficient (Wildman–Crippen LogP) is 1.77. The highest BCUT2D eigenvalue weighted by atomic mass is 16.5. The van der Waals surface area contributed by atoms with E-state index in [4.69, 9.17) is 14.6 Å². The number of benzene rings is 1. The molecule has 24 heavy (non-hydrogen) atoms. The number of aliphatic carboxylic acids is 1. The lowest BCUT2D eigenvalue weighted by Gasteiger charge is -2.37. The van der Waals surface area contributed by atoms with Crippen molar-refractivity contribution in [1.82, 2.24) is 4.90 Å². The first-order valence-electron chi connectivity index (χ1n) is 8.37. The van der Waals surface area contributed by atoms with Gasteiger partial charge in [-0.25, -0.2) is 4.79 Å². The van der Waals surface area contributed by atoms with Crippen molar-refractivity contribution in [3.8, 4) is 0 Å². The zero-order valence-electron chi connectivity index (χ0n) is 13.8. The normalized spacial score (nSPS) is 27.7. The van der Waals surface area contributed by atoms with Crippen molar-refractivity contribution in [2.24, 2.45) is 5.92 Å². The van der Waals surface area contributed by atoms with Gasteiger partial charge < -0.3 is 19.5 Å². The third-order valence-corrected chi connectivity index (χ3v) is 4.70. The van der Waals surface area contributed by atoms with Crippen LogP contribution in [0.1, 0.15) is 30.1 Å². The lowest BCUT2D eigenvalue weighted by molar-refractivity contribution is -0.163. The molecule has 130 valence electrons. The standard InChI is InChI=1S/C18H23NO5/c1-12-4-6-13(7-5-12)16-14(3-2-9-24-16)17(20)19-8-10-23-15(11-19)18(21)22/h4-7,14-16H,2-3,8-11H2,1H3,(H,21,22). The molecule has 0 bridgehead atoms. The molecule has 0 aromatic heterocycles. The quantitative estimate of drug-likeness (QED) is 0.912. The van der Waals surface area contributed by atoms with Gasteiger partial charge in [0.15, 0.2) is 6.10 Å². The summed E-state index contributed by atoms with van der Waals surface area (Å²) in [6, 6.07) is 8.05. The predicted molar refractivity (Wildman–Crippen MR) is 86.6 cm³/mol. The summed E-state index contributed by atoms with van der Waals surface area (Å²) in [4.78, 5) is 25.7. The first-order valence-corrected chi connectivity index (χ1v) is 8.37. The van der Waals surface area contributed by atoms with E-state index in [9.17, 15) is 9.59 Å². The number of nitrogens with zero attached hydrogens (tertiary/aromatic N) is 1. The van der Waals surface area contributed by atoms with Gasteiger partial charge in [-0.2, -0.15) is 0 Å². The second-order valence-corrected chi connectivity index (χ2v) is 6.43. The summed E-state index contributed by atoms with van der Waals surface area (Å²) in [5.74, 6) is -1.33. The molecule has 0 aliphatic carbocycles. The van der Waals surface area contributed by atoms with Crippen LogP contribution in [0.25, 0.3) is 0 Å². The number of carboxylic acid groups (broad SMARTS) is 1. The van der Waals surface area contributed by atoms with E-state index in [1.165, 1.54) is 0 Å². The Morgan fingerprint density at radius 2 is 1.92 bits per heavy atom. The lowest BCUT2D eigenvalue weighted by atomic mass is 9.88. The fourth-order valence-corrected chi connectivity index (χ4v) is 3.35. The van der Waals surface area contributed by atoms with Gasteiger partial charge in [0, 0.05) is 13.2 Å². The maximum atomic E-state index is 13.0. The second kappa shape index (κ2) is 7.32. The molecule has 0 radical (unpaired) electrons. The van der Waals surface area contributed by atoms with Crippen LogP contribution in [0.4, 0.5) is 0 Å². The molecule has 2 aliphatic rings. The van der Waals surface area contributed by atoms with Crippen molar-refractivity contribution in [3.63, 3.8) is 0 Å². The minimum Gasteiger partial charge on any atom is -0.479 e. The van der Waals surface area contributed by atoms with Crippen molar-refractivity contribution in [2.45, 2.75) is 32.0 Å². The molecule has 6 nitrogen and oxygen atoms in total. The number of morpholine rings is 1. The van der Waals surface area contributed by atoms with Crippen molar-refractivity contribution in [1.29, 1.82) is 0 Å². The monoisotopic (exact) mass is 333 g/mol. The van der Waals surface area contributed by atoms with E-state index in [0.717, 1.165) is 24.0 Å². The topological polar surface area (TPSA) is 76.1 Å². The molecule has 0 spiro atoms. The smallest absolute Gasteiger partial charge is 0.334 e. The molecule has 1 aromatic carbocycles. The Labute approximate surface area is 141 Å². The Kier molecular flexibility index (Phi) is 5.16. The van der Waals surface area contributed by atoms with Gasteiger partial charge in [0.1, 0.15) is 0 Å². The fraction of sp³-hybridized carbons (Fsp3) is 0.556. The van der Waals surface area contributed by atoms with Crippen LogP contribution in [0.3, 0.4) is 0 Å². The highest BCUT2D eigenvalue weighted by Gasteiger charge is 2.38. The van der Waals surface area contributed by atoms with Gasteiger partial charge >= 0.3 is 5.97 Å². The maximum absolute atomic E-state index is 13.0. The number of carbonyl (C=O) groups is 2. The van der Waals surface area contributed by atoms with E-state index in [1.54, 1.807) is 4.90 Å². The van der Waals surface area contributed by atoms with Crippen LogP contribution in [0.15, 0.2) is 24.3 Å². The first kappa shape index (κ1) is 16.9. The maximum Gasteiger partial charge on any atom is 0.334 e. The molecule has 0 saturated carbocycles. The van der Waals surface area contributed by atoms with E-state index >= 15 is 0 Å². The summed E-state index contributed by atoms with van der Waals surface area (Å²) < 4.78 is 11.1. The SMILES string of the molecule is Cc1ccc(C2OCCCC2C(=O)N2CCOC(C(=O)O)C2)cc1. The second-order valence-electron chi connectivity index (χ2n) is 6.43. The van der Waals surface area contributed by atoms with Gasteiger partial charge in [0.2, 0.25) is 5.91 Å². The first-order chi connectivity index (χ1) is 11.6. The van der Waals surface area contributed by atoms with E-state index in [1.807, 2.05) is 31.2 Å². The number of rotatable bonds is 3. The van der Waals surface area contributed by atoms with Crippen LogP contribution in [0, 0.1) is 12.8 Å².